The first-order chi connectivity index (χ1) is 13.2. The predicted molar refractivity (Wildman–Crippen MR) is 110 cm³/mol. The summed E-state index contributed by atoms with van der Waals surface area (Å²) in [7, 11) is 0. The quantitative estimate of drug-likeness (QED) is 0.425. The van der Waals surface area contributed by atoms with Gasteiger partial charge in [-0.25, -0.2) is 4.39 Å². The van der Waals surface area contributed by atoms with E-state index in [2.05, 4.69) is 27.7 Å². The lowest BCUT2D eigenvalue weighted by Gasteiger charge is -2.09. The van der Waals surface area contributed by atoms with Crippen LogP contribution in [-0.2, 0) is 6.54 Å². The molecule has 1 N–H and O–H groups in total. The van der Waals surface area contributed by atoms with Crippen LogP contribution in [0.4, 0.5) is 4.39 Å². The fourth-order valence-electron chi connectivity index (χ4n) is 3.43. The Morgan fingerprint density at radius 1 is 1.11 bits per heavy atom. The molecular weight excluding hydrogens is 361 g/mol. The van der Waals surface area contributed by atoms with Gasteiger partial charge in [0.25, 0.3) is 0 Å². The Labute approximate surface area is 162 Å². The first-order valence-corrected chi connectivity index (χ1v) is 9.61. The van der Waals surface area contributed by atoms with E-state index in [1.54, 1.807) is 6.07 Å². The molecule has 4 rings (SSSR count). The van der Waals surface area contributed by atoms with Gasteiger partial charge in [-0.15, -0.1) is 0 Å². The monoisotopic (exact) mass is 381 g/mol. The topological polar surface area (TPSA) is 29.3 Å². The van der Waals surface area contributed by atoms with Crippen LogP contribution in [0.15, 0.2) is 54.7 Å². The van der Waals surface area contributed by atoms with E-state index in [0.717, 1.165) is 53.7 Å². The summed E-state index contributed by atoms with van der Waals surface area (Å²) in [5.74, 6) is -0.235. The lowest BCUT2D eigenvalue weighted by atomic mass is 10.1. The zero-order valence-electron chi connectivity index (χ0n) is 15.2. The minimum atomic E-state index is -0.235. The highest BCUT2D eigenvalue weighted by Gasteiger charge is 2.16. The molecule has 138 valence electrons. The van der Waals surface area contributed by atoms with Gasteiger partial charge >= 0.3 is 0 Å². The minimum Gasteiger partial charge on any atom is -0.313 e. The summed E-state index contributed by atoms with van der Waals surface area (Å²) in [5.41, 5.74) is 5.18. The Bertz CT molecular complexity index is 1100. The van der Waals surface area contributed by atoms with Gasteiger partial charge in [-0.05, 0) is 54.9 Å². The Morgan fingerprint density at radius 2 is 1.96 bits per heavy atom. The van der Waals surface area contributed by atoms with Crippen LogP contribution in [0, 0.1) is 5.82 Å². The van der Waals surface area contributed by atoms with Crippen LogP contribution in [0.5, 0.6) is 0 Å². The molecule has 0 aliphatic carbocycles. The van der Waals surface area contributed by atoms with Gasteiger partial charge in [-0.3, -0.25) is 4.98 Å². The fraction of sp³-hybridized carbons (Fsp3) is 0.227. The zero-order valence-corrected chi connectivity index (χ0v) is 15.9. The van der Waals surface area contributed by atoms with E-state index < -0.39 is 0 Å². The number of nitrogens with one attached hydrogen (secondary N) is 1. The normalized spacial score (nSPS) is 11.5. The third-order valence-electron chi connectivity index (χ3n) is 4.80. The first-order valence-electron chi connectivity index (χ1n) is 9.23. The summed E-state index contributed by atoms with van der Waals surface area (Å²) >= 11 is 6.14. The van der Waals surface area contributed by atoms with Crippen LogP contribution >= 0.6 is 11.6 Å². The molecule has 4 aromatic rings. The van der Waals surface area contributed by atoms with Crippen molar-refractivity contribution in [1.82, 2.24) is 14.7 Å². The van der Waals surface area contributed by atoms with Crippen molar-refractivity contribution in [1.29, 1.82) is 0 Å². The molecule has 0 atom stereocenters. The van der Waals surface area contributed by atoms with Crippen LogP contribution in [0.3, 0.4) is 0 Å². The van der Waals surface area contributed by atoms with E-state index in [0.29, 0.717) is 10.6 Å². The van der Waals surface area contributed by atoms with Gasteiger partial charge < -0.3 is 9.72 Å². The van der Waals surface area contributed by atoms with E-state index in [1.807, 2.05) is 36.5 Å². The maximum atomic E-state index is 14.6. The molecule has 2 aromatic heterocycles. The molecule has 0 saturated heterocycles. The molecular formula is C22H21ClFN3. The standard InChI is InChI=1S/C22H21ClFN3/c1-2-3-10-25-13-15-11-21(17-6-4-5-7-18(17)24)27-20-9-8-16(23)12-19(20)26-14-22(15)27/h4-9,11-12,14,25H,2-3,10,13H2,1H3. The maximum Gasteiger partial charge on any atom is 0.132 e. The summed E-state index contributed by atoms with van der Waals surface area (Å²) < 4.78 is 16.6. The second-order valence-electron chi connectivity index (χ2n) is 6.68. The second-order valence-corrected chi connectivity index (χ2v) is 7.11. The fourth-order valence-corrected chi connectivity index (χ4v) is 3.60. The molecule has 0 spiro atoms. The average Bonchev–Trinajstić information content (AvgIpc) is 3.04. The highest BCUT2D eigenvalue weighted by atomic mass is 35.5. The van der Waals surface area contributed by atoms with Gasteiger partial charge in [0.05, 0.1) is 28.4 Å². The first kappa shape index (κ1) is 18.0. The van der Waals surface area contributed by atoms with Gasteiger partial charge in [-0.2, -0.15) is 0 Å². The molecule has 3 nitrogen and oxygen atoms in total. The molecule has 0 aliphatic heterocycles. The van der Waals surface area contributed by atoms with Crippen molar-refractivity contribution in [3.8, 4) is 11.3 Å². The summed E-state index contributed by atoms with van der Waals surface area (Å²) in [4.78, 5) is 4.58. The lowest BCUT2D eigenvalue weighted by molar-refractivity contribution is 0.630. The van der Waals surface area contributed by atoms with Gasteiger partial charge in [0, 0.05) is 17.1 Å². The van der Waals surface area contributed by atoms with E-state index in [1.165, 1.54) is 6.07 Å². The minimum absolute atomic E-state index is 0.235. The maximum absolute atomic E-state index is 14.6. The van der Waals surface area contributed by atoms with E-state index >= 15 is 0 Å². The van der Waals surface area contributed by atoms with Crippen LogP contribution in [0.25, 0.3) is 27.8 Å². The number of aromatic nitrogens is 2. The third kappa shape index (κ3) is 3.43. The van der Waals surface area contributed by atoms with E-state index in [-0.39, 0.29) is 5.82 Å². The van der Waals surface area contributed by atoms with Crippen LogP contribution in [0.2, 0.25) is 5.02 Å². The number of halogens is 2. The third-order valence-corrected chi connectivity index (χ3v) is 5.03. The molecule has 27 heavy (non-hydrogen) atoms. The molecule has 2 aromatic carbocycles. The number of hydrogen-bond donors (Lipinski definition) is 1. The summed E-state index contributed by atoms with van der Waals surface area (Å²) in [6, 6.07) is 14.6. The smallest absolute Gasteiger partial charge is 0.132 e. The van der Waals surface area contributed by atoms with Gasteiger partial charge in [0.1, 0.15) is 5.82 Å². The summed E-state index contributed by atoms with van der Waals surface area (Å²) in [5, 5.41) is 4.11. The largest absolute Gasteiger partial charge is 0.313 e. The lowest BCUT2D eigenvalue weighted by Crippen LogP contribution is -2.14. The number of hydrogen-bond acceptors (Lipinski definition) is 2. The Balaban J connectivity index is 1.93. The van der Waals surface area contributed by atoms with Gasteiger partial charge in [0.15, 0.2) is 0 Å². The number of fused-ring (bicyclic) bond motifs is 3. The number of unbranched alkanes of at least 4 members (excludes halogenated alkanes) is 1. The van der Waals surface area contributed by atoms with Crippen molar-refractivity contribution in [2.45, 2.75) is 26.3 Å². The highest BCUT2D eigenvalue weighted by molar-refractivity contribution is 6.31. The molecule has 2 heterocycles. The molecule has 0 fully saturated rings. The molecule has 0 bridgehead atoms. The van der Waals surface area contributed by atoms with Crippen LogP contribution in [0.1, 0.15) is 25.3 Å². The van der Waals surface area contributed by atoms with Crippen molar-refractivity contribution in [2.24, 2.45) is 0 Å². The Hall–Kier alpha value is -2.43. The average molecular weight is 382 g/mol. The van der Waals surface area contributed by atoms with Crippen molar-refractivity contribution in [3.05, 3.63) is 71.1 Å². The van der Waals surface area contributed by atoms with Gasteiger partial charge in [0.2, 0.25) is 0 Å². The molecule has 0 unspecified atom stereocenters. The SMILES string of the molecule is CCCCNCc1cc(-c2ccccc2F)n2c1cnc1cc(Cl)ccc12. The molecule has 0 aliphatic rings. The van der Waals surface area contributed by atoms with Crippen molar-refractivity contribution >= 4 is 28.2 Å². The van der Waals surface area contributed by atoms with Crippen molar-refractivity contribution < 1.29 is 4.39 Å². The van der Waals surface area contributed by atoms with Crippen LogP contribution < -0.4 is 5.32 Å². The molecule has 0 radical (unpaired) electrons. The number of nitrogens with zero attached hydrogens (tertiary/aromatic N) is 2. The highest BCUT2D eigenvalue weighted by Crippen LogP contribution is 2.31. The van der Waals surface area contributed by atoms with Crippen molar-refractivity contribution in [3.63, 3.8) is 0 Å². The molecule has 0 saturated carbocycles. The van der Waals surface area contributed by atoms with E-state index in [4.69, 9.17) is 11.6 Å². The molecule has 5 heteroatoms. The number of rotatable bonds is 6. The number of benzene rings is 2. The molecule has 0 amide bonds. The van der Waals surface area contributed by atoms with Crippen LogP contribution in [-0.4, -0.2) is 15.9 Å². The Kier molecular flexibility index (Phi) is 5.10. The van der Waals surface area contributed by atoms with E-state index in [9.17, 15) is 4.39 Å². The van der Waals surface area contributed by atoms with Gasteiger partial charge in [-0.1, -0.05) is 37.1 Å². The Morgan fingerprint density at radius 3 is 2.78 bits per heavy atom. The van der Waals surface area contributed by atoms with Crippen molar-refractivity contribution in [2.75, 3.05) is 6.54 Å². The zero-order chi connectivity index (χ0) is 18.8. The summed E-state index contributed by atoms with van der Waals surface area (Å²) in [6.45, 7) is 3.85. The summed E-state index contributed by atoms with van der Waals surface area (Å²) in [6.07, 6.45) is 4.13. The second kappa shape index (κ2) is 7.67. The predicted octanol–water partition coefficient (Wildman–Crippen LogP) is 5.84.